The Morgan fingerprint density at radius 3 is 3.00 bits per heavy atom. The molecule has 0 aliphatic rings. The maximum absolute atomic E-state index is 4.65. The molecule has 2 N–H and O–H groups in total. The number of aromatic nitrogens is 5. The van der Waals surface area contributed by atoms with Crippen molar-refractivity contribution in [1.82, 2.24) is 24.9 Å². The Morgan fingerprint density at radius 2 is 2.17 bits per heavy atom. The fourth-order valence-electron chi connectivity index (χ4n) is 2.06. The maximum atomic E-state index is 4.65. The second-order valence-electron chi connectivity index (χ2n) is 4.09. The van der Waals surface area contributed by atoms with Gasteiger partial charge < -0.3 is 9.97 Å². The molecule has 0 aliphatic heterocycles. The van der Waals surface area contributed by atoms with E-state index in [-0.39, 0.29) is 0 Å². The Bertz CT molecular complexity index is 854. The summed E-state index contributed by atoms with van der Waals surface area (Å²) in [5, 5.41) is 2.08. The molecule has 0 saturated heterocycles. The normalized spacial score (nSPS) is 11.6. The summed E-state index contributed by atoms with van der Waals surface area (Å²) < 4.78 is 0. The van der Waals surface area contributed by atoms with Gasteiger partial charge in [0.05, 0.1) is 21.6 Å². The number of thiazole rings is 1. The van der Waals surface area contributed by atoms with E-state index < -0.39 is 0 Å². The molecule has 0 radical (unpaired) electrons. The van der Waals surface area contributed by atoms with Crippen LogP contribution in [0.25, 0.3) is 32.8 Å². The Kier molecular flexibility index (Phi) is 1.84. The van der Waals surface area contributed by atoms with Crippen LogP contribution in [0.4, 0.5) is 0 Å². The highest BCUT2D eigenvalue weighted by molar-refractivity contribution is 7.14. The van der Waals surface area contributed by atoms with Gasteiger partial charge in [-0.2, -0.15) is 0 Å². The molecule has 6 heteroatoms. The van der Waals surface area contributed by atoms with Gasteiger partial charge in [0.15, 0.2) is 0 Å². The lowest BCUT2D eigenvalue weighted by Gasteiger charge is -1.88. The van der Waals surface area contributed by atoms with Crippen LogP contribution in [0.3, 0.4) is 0 Å². The van der Waals surface area contributed by atoms with Crippen LogP contribution < -0.4 is 0 Å². The molecule has 0 spiro atoms. The summed E-state index contributed by atoms with van der Waals surface area (Å²) in [7, 11) is 0. The summed E-state index contributed by atoms with van der Waals surface area (Å²) in [6.07, 6.45) is 5.53. The second-order valence-corrected chi connectivity index (χ2v) is 5.32. The van der Waals surface area contributed by atoms with Gasteiger partial charge in [-0.25, -0.2) is 15.0 Å². The summed E-state index contributed by atoms with van der Waals surface area (Å²) in [5.41, 5.74) is 2.76. The van der Waals surface area contributed by atoms with Crippen LogP contribution in [-0.2, 0) is 0 Å². The number of aryl methyl sites for hydroxylation is 1. The summed E-state index contributed by atoms with van der Waals surface area (Å²) >= 11 is 1.63. The van der Waals surface area contributed by atoms with Crippen LogP contribution in [-0.4, -0.2) is 24.9 Å². The predicted octanol–water partition coefficient (Wildman–Crippen LogP) is 2.87. The molecule has 18 heavy (non-hydrogen) atoms. The smallest absolute Gasteiger partial charge is 0.150 e. The molecule has 0 aliphatic carbocycles. The van der Waals surface area contributed by atoms with Gasteiger partial charge in [0.2, 0.25) is 0 Å². The SMILES string of the molecule is Cc1ncc(-c2nc3c(cnc4[nH]ccc43)[nH]2)s1. The number of nitrogens with one attached hydrogen (secondary N) is 2. The van der Waals surface area contributed by atoms with E-state index in [4.69, 9.17) is 0 Å². The van der Waals surface area contributed by atoms with Crippen LogP contribution in [0.2, 0.25) is 0 Å². The summed E-state index contributed by atoms with van der Waals surface area (Å²) in [5.74, 6) is 0.853. The molecule has 0 amide bonds. The number of hydrogen-bond donors (Lipinski definition) is 2. The fraction of sp³-hybridized carbons (Fsp3) is 0.0833. The third-order valence-corrected chi connectivity index (χ3v) is 3.81. The van der Waals surface area contributed by atoms with Crippen molar-refractivity contribution in [3.05, 3.63) is 29.7 Å². The zero-order valence-corrected chi connectivity index (χ0v) is 10.4. The lowest BCUT2D eigenvalue weighted by Crippen LogP contribution is -1.77. The number of H-pyrrole nitrogens is 2. The van der Waals surface area contributed by atoms with Crippen LogP contribution in [0.15, 0.2) is 24.7 Å². The first-order valence-electron chi connectivity index (χ1n) is 5.56. The third kappa shape index (κ3) is 1.29. The van der Waals surface area contributed by atoms with Crippen molar-refractivity contribution in [3.63, 3.8) is 0 Å². The molecule has 0 aromatic carbocycles. The standard InChI is InChI=1S/C12H9N5S/c1-6-14-5-9(18-6)12-16-8-4-15-11-7(2-3-13-11)10(8)17-12/h2-5H,1H3,(H,13,15)(H,16,17). The van der Waals surface area contributed by atoms with E-state index in [0.29, 0.717) is 0 Å². The molecule has 4 aromatic heterocycles. The maximum Gasteiger partial charge on any atom is 0.150 e. The molecular weight excluding hydrogens is 246 g/mol. The van der Waals surface area contributed by atoms with Crippen molar-refractivity contribution < 1.29 is 0 Å². The van der Waals surface area contributed by atoms with Crippen LogP contribution in [0.5, 0.6) is 0 Å². The molecule has 88 valence electrons. The van der Waals surface area contributed by atoms with Crippen LogP contribution >= 0.6 is 11.3 Å². The van der Waals surface area contributed by atoms with Crippen LogP contribution in [0, 0.1) is 6.92 Å². The van der Waals surface area contributed by atoms with Gasteiger partial charge in [-0.05, 0) is 13.0 Å². The lowest BCUT2D eigenvalue weighted by molar-refractivity contribution is 1.28. The van der Waals surface area contributed by atoms with Gasteiger partial charge in [-0.1, -0.05) is 0 Å². The van der Waals surface area contributed by atoms with E-state index in [1.165, 1.54) is 0 Å². The molecule has 0 saturated carbocycles. The molecule has 4 rings (SSSR count). The first-order chi connectivity index (χ1) is 8.81. The number of nitrogens with zero attached hydrogens (tertiary/aromatic N) is 3. The Hall–Kier alpha value is -2.21. The molecule has 4 heterocycles. The topological polar surface area (TPSA) is 70.2 Å². The summed E-state index contributed by atoms with van der Waals surface area (Å²) in [6, 6.07) is 1.99. The van der Waals surface area contributed by atoms with Gasteiger partial charge in [0.25, 0.3) is 0 Å². The van der Waals surface area contributed by atoms with Gasteiger partial charge in [0.1, 0.15) is 17.0 Å². The highest BCUT2D eigenvalue weighted by Crippen LogP contribution is 2.27. The highest BCUT2D eigenvalue weighted by atomic mass is 32.1. The zero-order valence-electron chi connectivity index (χ0n) is 9.56. The molecule has 5 nitrogen and oxygen atoms in total. The molecule has 0 bridgehead atoms. The lowest BCUT2D eigenvalue weighted by atomic mass is 10.3. The minimum Gasteiger partial charge on any atom is -0.346 e. The largest absolute Gasteiger partial charge is 0.346 e. The number of aromatic amines is 2. The number of pyridine rings is 1. The van der Waals surface area contributed by atoms with E-state index in [9.17, 15) is 0 Å². The average molecular weight is 255 g/mol. The third-order valence-electron chi connectivity index (χ3n) is 2.89. The predicted molar refractivity (Wildman–Crippen MR) is 71.6 cm³/mol. The van der Waals surface area contributed by atoms with Crippen LogP contribution in [0.1, 0.15) is 5.01 Å². The van der Waals surface area contributed by atoms with Gasteiger partial charge in [-0.3, -0.25) is 0 Å². The minimum absolute atomic E-state index is 0.853. The number of hydrogen-bond acceptors (Lipinski definition) is 4. The first kappa shape index (κ1) is 9.78. The first-order valence-corrected chi connectivity index (χ1v) is 6.37. The van der Waals surface area contributed by atoms with Gasteiger partial charge in [0, 0.05) is 17.8 Å². The van der Waals surface area contributed by atoms with Crippen molar-refractivity contribution >= 4 is 33.4 Å². The average Bonchev–Trinajstić information content (AvgIpc) is 3.04. The zero-order chi connectivity index (χ0) is 12.1. The van der Waals surface area contributed by atoms with Crippen molar-refractivity contribution in [3.8, 4) is 10.7 Å². The van der Waals surface area contributed by atoms with E-state index in [1.54, 1.807) is 17.5 Å². The fourth-order valence-corrected chi connectivity index (χ4v) is 2.78. The number of rotatable bonds is 1. The van der Waals surface area contributed by atoms with Crippen molar-refractivity contribution in [2.75, 3.05) is 0 Å². The highest BCUT2D eigenvalue weighted by Gasteiger charge is 2.11. The molecule has 0 fully saturated rings. The van der Waals surface area contributed by atoms with Gasteiger partial charge in [-0.15, -0.1) is 11.3 Å². The summed E-state index contributed by atoms with van der Waals surface area (Å²) in [6.45, 7) is 1.99. The number of fused-ring (bicyclic) bond motifs is 3. The quantitative estimate of drug-likeness (QED) is 0.549. The molecular formula is C12H9N5S. The Labute approximate surface area is 106 Å². The monoisotopic (exact) mass is 255 g/mol. The van der Waals surface area contributed by atoms with Gasteiger partial charge >= 0.3 is 0 Å². The number of imidazole rings is 1. The minimum atomic E-state index is 0.853. The second kappa shape index (κ2) is 3.39. The van der Waals surface area contributed by atoms with Crippen molar-refractivity contribution in [2.24, 2.45) is 0 Å². The van der Waals surface area contributed by atoms with E-state index >= 15 is 0 Å². The molecule has 4 aromatic rings. The molecule has 0 atom stereocenters. The van der Waals surface area contributed by atoms with Crippen molar-refractivity contribution in [1.29, 1.82) is 0 Å². The van der Waals surface area contributed by atoms with Crippen molar-refractivity contribution in [2.45, 2.75) is 6.92 Å². The Morgan fingerprint density at radius 1 is 1.22 bits per heavy atom. The summed E-state index contributed by atoms with van der Waals surface area (Å²) in [4.78, 5) is 20.7. The molecule has 0 unspecified atom stereocenters. The van der Waals surface area contributed by atoms with E-state index in [2.05, 4.69) is 24.9 Å². The van der Waals surface area contributed by atoms with E-state index in [1.807, 2.05) is 25.4 Å². The van der Waals surface area contributed by atoms with E-state index in [0.717, 1.165) is 37.8 Å². The Balaban J connectivity index is 2.03.